The van der Waals surface area contributed by atoms with Gasteiger partial charge in [-0.25, -0.2) is 18.6 Å². The number of hydrogen-bond acceptors (Lipinski definition) is 7. The molecule has 344 valence electrons. The van der Waals surface area contributed by atoms with Gasteiger partial charge in [0.2, 0.25) is 5.91 Å². The molecule has 4 amide bonds. The van der Waals surface area contributed by atoms with Crippen LogP contribution in [-0.4, -0.2) is 138 Å². The first kappa shape index (κ1) is 44.8. The molecule has 10 rings (SSSR count). The molecule has 5 heterocycles. The molecule has 5 atom stereocenters. The van der Waals surface area contributed by atoms with E-state index in [0.29, 0.717) is 69.3 Å². The molecule has 5 fully saturated rings. The van der Waals surface area contributed by atoms with Crippen LogP contribution in [0.5, 0.6) is 0 Å². The van der Waals surface area contributed by atoms with Crippen molar-refractivity contribution < 1.29 is 32.3 Å². The fourth-order valence-electron chi connectivity index (χ4n) is 11.1. The summed E-state index contributed by atoms with van der Waals surface area (Å²) in [6, 6.07) is 10.1. The van der Waals surface area contributed by atoms with Crippen LogP contribution < -0.4 is 5.43 Å². The Labute approximate surface area is 379 Å². The summed E-state index contributed by atoms with van der Waals surface area (Å²) < 4.78 is 47.0. The lowest BCUT2D eigenvalue weighted by molar-refractivity contribution is -0.139. The maximum Gasteiger partial charge on any atom is 0.260 e. The third-order valence-electron chi connectivity index (χ3n) is 15.3. The second-order valence-corrected chi connectivity index (χ2v) is 19.5. The Morgan fingerprint density at radius 2 is 1.60 bits per heavy atom. The van der Waals surface area contributed by atoms with Crippen molar-refractivity contribution in [3.05, 3.63) is 106 Å². The number of rotatable bonds is 10. The van der Waals surface area contributed by atoms with Crippen molar-refractivity contribution in [3.63, 3.8) is 0 Å². The molecule has 0 spiro atoms. The minimum atomic E-state index is -1.84. The van der Waals surface area contributed by atoms with Crippen molar-refractivity contribution in [2.45, 2.75) is 77.4 Å². The number of carbonyl (C=O) groups is 4. The molecular formula is C51H60F3N7O4. The van der Waals surface area contributed by atoms with Gasteiger partial charge in [0, 0.05) is 84.3 Å². The predicted octanol–water partition coefficient (Wildman–Crippen LogP) is 6.48. The van der Waals surface area contributed by atoms with E-state index in [1.54, 1.807) is 20.8 Å². The normalized spacial score (nSPS) is 28.2. The van der Waals surface area contributed by atoms with Gasteiger partial charge in [0.05, 0.1) is 23.2 Å². The number of halogens is 3. The molecular weight excluding hydrogens is 832 g/mol. The van der Waals surface area contributed by atoms with Gasteiger partial charge in [-0.2, -0.15) is 5.10 Å². The number of allylic oxidation sites excluding steroid dienone is 6. The monoisotopic (exact) mass is 891 g/mol. The lowest BCUT2D eigenvalue weighted by atomic mass is 9.71. The Bertz CT molecular complexity index is 2390. The second kappa shape index (κ2) is 18.1. The van der Waals surface area contributed by atoms with Gasteiger partial charge < -0.3 is 19.6 Å². The molecule has 1 N–H and O–H groups in total. The number of amides is 4. The molecule has 3 aliphatic carbocycles. The number of piperidine rings is 2. The molecule has 11 nitrogen and oxygen atoms in total. The number of nitrogens with one attached hydrogen (secondary N) is 1. The molecule has 8 aliphatic rings. The molecule has 5 unspecified atom stereocenters. The molecule has 2 aromatic rings. The first-order valence-corrected chi connectivity index (χ1v) is 23.5. The summed E-state index contributed by atoms with van der Waals surface area (Å²) in [6.45, 7) is 11.6. The van der Waals surface area contributed by atoms with E-state index < -0.39 is 34.2 Å². The van der Waals surface area contributed by atoms with Crippen molar-refractivity contribution in [2.24, 2.45) is 22.4 Å². The van der Waals surface area contributed by atoms with Crippen LogP contribution in [0.2, 0.25) is 0 Å². The molecule has 2 bridgehead atoms. The largest absolute Gasteiger partial charge is 0.338 e. The SMILES string of the molecule is CCc1cccc(-c2cc(F)c(C(=O)N3CC4CCC3CC4CN3CCN(CC(=O)N4CCN(C(=O)C5=CC(CC6=NNC(=O)C7(C)CC=CC=C67)=CCC5(C)F)CC4)CC3)c(F)c2)c1. The van der Waals surface area contributed by atoms with Gasteiger partial charge in [0.1, 0.15) is 22.9 Å². The van der Waals surface area contributed by atoms with Gasteiger partial charge in [0.25, 0.3) is 17.7 Å². The quantitative estimate of drug-likeness (QED) is 0.293. The zero-order valence-electron chi connectivity index (χ0n) is 37.8. The molecule has 2 aromatic carbocycles. The number of nitrogens with zero attached hydrogens (tertiary/aromatic N) is 6. The molecule has 0 aromatic heterocycles. The third-order valence-corrected chi connectivity index (χ3v) is 15.3. The summed E-state index contributed by atoms with van der Waals surface area (Å²) >= 11 is 0. The maximum atomic E-state index is 16.0. The van der Waals surface area contributed by atoms with Crippen LogP contribution in [0.25, 0.3) is 11.1 Å². The summed E-state index contributed by atoms with van der Waals surface area (Å²) in [6.07, 6.45) is 13.7. The summed E-state index contributed by atoms with van der Waals surface area (Å²) in [4.78, 5) is 63.5. The van der Waals surface area contributed by atoms with E-state index in [-0.39, 0.29) is 41.7 Å². The Kier molecular flexibility index (Phi) is 12.5. The summed E-state index contributed by atoms with van der Waals surface area (Å²) in [5, 5.41) is 4.35. The highest BCUT2D eigenvalue weighted by Crippen LogP contribution is 2.42. The van der Waals surface area contributed by atoms with Crippen molar-refractivity contribution in [3.8, 4) is 11.1 Å². The fourth-order valence-corrected chi connectivity index (χ4v) is 11.1. The van der Waals surface area contributed by atoms with Crippen LogP contribution in [0, 0.1) is 28.9 Å². The summed E-state index contributed by atoms with van der Waals surface area (Å²) in [5.74, 6) is -2.07. The van der Waals surface area contributed by atoms with Crippen molar-refractivity contribution >= 4 is 29.3 Å². The smallest absolute Gasteiger partial charge is 0.260 e. The van der Waals surface area contributed by atoms with Gasteiger partial charge >= 0.3 is 0 Å². The first-order valence-electron chi connectivity index (χ1n) is 23.5. The topological polar surface area (TPSA) is 109 Å². The molecule has 14 heteroatoms. The van der Waals surface area contributed by atoms with Crippen LogP contribution >= 0.6 is 0 Å². The predicted molar refractivity (Wildman–Crippen MR) is 243 cm³/mol. The molecule has 1 saturated carbocycles. The van der Waals surface area contributed by atoms with E-state index in [1.807, 2.05) is 62.4 Å². The van der Waals surface area contributed by atoms with Crippen molar-refractivity contribution in [1.82, 2.24) is 29.9 Å². The lowest BCUT2D eigenvalue weighted by Crippen LogP contribution is -2.58. The van der Waals surface area contributed by atoms with E-state index in [4.69, 9.17) is 0 Å². The van der Waals surface area contributed by atoms with Crippen LogP contribution in [-0.2, 0) is 20.8 Å². The van der Waals surface area contributed by atoms with Crippen LogP contribution in [0.3, 0.4) is 0 Å². The van der Waals surface area contributed by atoms with E-state index in [0.717, 1.165) is 80.7 Å². The average molecular weight is 892 g/mol. The number of hydrogen-bond donors (Lipinski definition) is 1. The van der Waals surface area contributed by atoms with Crippen LogP contribution in [0.15, 0.2) is 88.6 Å². The number of hydrazone groups is 1. The minimum absolute atomic E-state index is 0.0183. The minimum Gasteiger partial charge on any atom is -0.338 e. The van der Waals surface area contributed by atoms with Crippen LogP contribution in [0.4, 0.5) is 13.2 Å². The number of benzene rings is 2. The number of carbonyl (C=O) groups excluding carboxylic acids is 4. The van der Waals surface area contributed by atoms with E-state index >= 15 is 13.2 Å². The Hall–Kier alpha value is -5.34. The standard InChI is InChI=1S/C51H60F3N7O4/c1-4-33-8-7-9-35(24-33)37-28-42(52)46(43(53)29-37)48(64)61-31-36-11-12-39(61)27-38(36)30-57-16-18-58(19-17-57)32-45(62)59-20-22-60(23-21-59)47(63)41-25-34(13-15-51(41,3)54)26-44-40-10-5-6-14-50(40,2)49(65)56-55-44/h5-10,13,24-25,28-29,36,38-39H,4,11-12,14-23,26-27,30-32H2,1-3H3,(H,56,65). The molecule has 65 heavy (non-hydrogen) atoms. The number of piperazine rings is 2. The van der Waals surface area contributed by atoms with Gasteiger partial charge in [0.15, 0.2) is 0 Å². The van der Waals surface area contributed by atoms with Gasteiger partial charge in [-0.3, -0.25) is 24.1 Å². The molecule has 4 saturated heterocycles. The van der Waals surface area contributed by atoms with Crippen molar-refractivity contribution in [2.75, 3.05) is 72.0 Å². The number of aryl methyl sites for hydroxylation is 1. The van der Waals surface area contributed by atoms with E-state index in [1.165, 1.54) is 19.1 Å². The zero-order valence-corrected chi connectivity index (χ0v) is 37.8. The van der Waals surface area contributed by atoms with Gasteiger partial charge in [-0.15, -0.1) is 0 Å². The van der Waals surface area contributed by atoms with E-state index in [2.05, 4.69) is 20.3 Å². The Balaban J connectivity index is 0.728. The highest BCUT2D eigenvalue weighted by atomic mass is 19.1. The van der Waals surface area contributed by atoms with Crippen molar-refractivity contribution in [1.29, 1.82) is 0 Å². The highest BCUT2D eigenvalue weighted by Gasteiger charge is 2.45. The Morgan fingerprint density at radius 1 is 0.877 bits per heavy atom. The number of alkyl halides is 1. The Morgan fingerprint density at radius 3 is 2.31 bits per heavy atom. The summed E-state index contributed by atoms with van der Waals surface area (Å²) in [7, 11) is 0. The summed E-state index contributed by atoms with van der Waals surface area (Å²) in [5.41, 5.74) is 4.24. The maximum absolute atomic E-state index is 16.0. The van der Waals surface area contributed by atoms with Gasteiger partial charge in [-0.1, -0.05) is 55.5 Å². The van der Waals surface area contributed by atoms with E-state index in [9.17, 15) is 19.2 Å². The highest BCUT2D eigenvalue weighted by molar-refractivity contribution is 6.11. The molecule has 0 radical (unpaired) electrons. The number of fused-ring (bicyclic) bond motifs is 4. The fraction of sp³-hybridized carbons (Fsp3) is 0.510. The average Bonchev–Trinajstić information content (AvgIpc) is 3.31. The van der Waals surface area contributed by atoms with Gasteiger partial charge in [-0.05, 0) is 104 Å². The zero-order chi connectivity index (χ0) is 45.6. The first-order chi connectivity index (χ1) is 31.2. The third kappa shape index (κ3) is 9.00. The second-order valence-electron chi connectivity index (χ2n) is 19.5. The van der Waals surface area contributed by atoms with Crippen LogP contribution in [0.1, 0.15) is 75.2 Å². The lowest BCUT2D eigenvalue weighted by Gasteiger charge is -2.51. The molecule has 5 aliphatic heterocycles.